The van der Waals surface area contributed by atoms with Gasteiger partial charge >= 0.3 is 12.0 Å². The Hall–Kier alpha value is -4.11. The van der Waals surface area contributed by atoms with Crippen molar-refractivity contribution in [3.05, 3.63) is 107 Å². The molecule has 0 spiro atoms. The third-order valence-electron chi connectivity index (χ3n) is 4.83. The minimum absolute atomic E-state index is 0.205. The summed E-state index contributed by atoms with van der Waals surface area (Å²) in [7, 11) is 1.28. The molecule has 0 saturated carbocycles. The fraction of sp³-hybridized carbons (Fsp3) is 0.160. The number of carbonyl (C=O) groups is 2. The standard InChI is InChI=1S/C25H23N3O3/c1-31-24(29)22(16-18-9-8-10-19(15-18)17-26)27-25(30)28-23(20-11-4-2-5-12-20)21-13-6-3-7-14-21/h2-15,22-23H,16H2,1H3,(H2,27,28,30)/t22-/m1/s1. The summed E-state index contributed by atoms with van der Waals surface area (Å²) in [5.74, 6) is -0.562. The molecule has 0 aliphatic rings. The summed E-state index contributed by atoms with van der Waals surface area (Å²) < 4.78 is 4.87. The van der Waals surface area contributed by atoms with Crippen molar-refractivity contribution in [3.63, 3.8) is 0 Å². The van der Waals surface area contributed by atoms with Crippen LogP contribution < -0.4 is 10.6 Å². The average Bonchev–Trinajstić information content (AvgIpc) is 2.83. The lowest BCUT2D eigenvalue weighted by molar-refractivity contribution is -0.142. The number of rotatable bonds is 7. The second kappa shape index (κ2) is 10.6. The van der Waals surface area contributed by atoms with Gasteiger partial charge in [-0.15, -0.1) is 0 Å². The summed E-state index contributed by atoms with van der Waals surface area (Å²) in [6, 6.07) is 26.4. The van der Waals surface area contributed by atoms with Crippen LogP contribution in [0.15, 0.2) is 84.9 Å². The smallest absolute Gasteiger partial charge is 0.328 e. The predicted octanol–water partition coefficient (Wildman–Crippen LogP) is 3.73. The molecule has 6 nitrogen and oxygen atoms in total. The van der Waals surface area contributed by atoms with Gasteiger partial charge in [-0.25, -0.2) is 9.59 Å². The van der Waals surface area contributed by atoms with E-state index in [4.69, 9.17) is 10.00 Å². The fourth-order valence-corrected chi connectivity index (χ4v) is 3.32. The molecule has 0 aliphatic carbocycles. The molecule has 1 atom stereocenters. The molecular weight excluding hydrogens is 390 g/mol. The van der Waals surface area contributed by atoms with Gasteiger partial charge in [0.2, 0.25) is 0 Å². The zero-order chi connectivity index (χ0) is 22.1. The maximum Gasteiger partial charge on any atom is 0.328 e. The Morgan fingerprint density at radius 1 is 0.903 bits per heavy atom. The van der Waals surface area contributed by atoms with Gasteiger partial charge in [-0.3, -0.25) is 0 Å². The van der Waals surface area contributed by atoms with E-state index in [1.165, 1.54) is 7.11 Å². The maximum atomic E-state index is 12.9. The van der Waals surface area contributed by atoms with Gasteiger partial charge in [0.25, 0.3) is 0 Å². The third-order valence-corrected chi connectivity index (χ3v) is 4.83. The van der Waals surface area contributed by atoms with Crippen molar-refractivity contribution in [2.24, 2.45) is 0 Å². The van der Waals surface area contributed by atoms with Gasteiger partial charge in [-0.05, 0) is 28.8 Å². The number of ether oxygens (including phenoxy) is 1. The van der Waals surface area contributed by atoms with Crippen molar-refractivity contribution in [2.75, 3.05) is 7.11 Å². The first-order valence-corrected chi connectivity index (χ1v) is 9.84. The molecule has 0 radical (unpaired) electrons. The Labute approximate surface area is 181 Å². The Morgan fingerprint density at radius 2 is 1.52 bits per heavy atom. The number of benzene rings is 3. The molecule has 0 aromatic heterocycles. The van der Waals surface area contributed by atoms with E-state index >= 15 is 0 Å². The number of nitriles is 1. The predicted molar refractivity (Wildman–Crippen MR) is 117 cm³/mol. The topological polar surface area (TPSA) is 91.2 Å². The van der Waals surface area contributed by atoms with Gasteiger partial charge in [0.1, 0.15) is 6.04 Å². The minimum atomic E-state index is -0.897. The number of nitrogens with zero attached hydrogens (tertiary/aromatic N) is 1. The first kappa shape index (κ1) is 21.6. The number of esters is 1. The van der Waals surface area contributed by atoms with Gasteiger partial charge in [-0.2, -0.15) is 5.26 Å². The molecule has 3 aromatic rings. The van der Waals surface area contributed by atoms with Crippen LogP contribution in [0.4, 0.5) is 4.79 Å². The van der Waals surface area contributed by atoms with E-state index in [1.54, 1.807) is 24.3 Å². The van der Waals surface area contributed by atoms with Crippen molar-refractivity contribution in [1.82, 2.24) is 10.6 Å². The molecule has 0 aliphatic heterocycles. The summed E-state index contributed by atoms with van der Waals surface area (Å²) in [5.41, 5.74) is 3.07. The molecule has 6 heteroatoms. The van der Waals surface area contributed by atoms with Crippen molar-refractivity contribution in [2.45, 2.75) is 18.5 Å². The van der Waals surface area contributed by atoms with Crippen LogP contribution >= 0.6 is 0 Å². The van der Waals surface area contributed by atoms with Crippen molar-refractivity contribution >= 4 is 12.0 Å². The summed E-state index contributed by atoms with van der Waals surface area (Å²) in [5, 5.41) is 14.8. The Bertz CT molecular complexity index is 1020. The Kier molecular flexibility index (Phi) is 7.39. The maximum absolute atomic E-state index is 12.9. The van der Waals surface area contributed by atoms with Crippen LogP contribution in [0.25, 0.3) is 0 Å². The Balaban J connectivity index is 1.78. The number of urea groups is 1. The van der Waals surface area contributed by atoms with Gasteiger partial charge < -0.3 is 15.4 Å². The normalized spacial score (nSPS) is 11.3. The minimum Gasteiger partial charge on any atom is -0.467 e. The number of methoxy groups -OCH3 is 1. The Morgan fingerprint density at radius 3 is 2.06 bits per heavy atom. The summed E-state index contributed by atoms with van der Waals surface area (Å²) in [4.78, 5) is 25.2. The van der Waals surface area contributed by atoms with Gasteiger partial charge in [0.15, 0.2) is 0 Å². The number of carbonyl (C=O) groups excluding carboxylic acids is 2. The molecule has 2 amide bonds. The highest BCUT2D eigenvalue weighted by Gasteiger charge is 2.24. The van der Waals surface area contributed by atoms with Crippen molar-refractivity contribution < 1.29 is 14.3 Å². The highest BCUT2D eigenvalue weighted by atomic mass is 16.5. The third kappa shape index (κ3) is 5.94. The second-order valence-corrected chi connectivity index (χ2v) is 6.96. The van der Waals surface area contributed by atoms with E-state index in [0.29, 0.717) is 5.56 Å². The average molecular weight is 413 g/mol. The lowest BCUT2D eigenvalue weighted by atomic mass is 9.99. The van der Waals surface area contributed by atoms with E-state index in [1.807, 2.05) is 60.7 Å². The SMILES string of the molecule is COC(=O)[C@@H](Cc1cccc(C#N)c1)NC(=O)NC(c1ccccc1)c1ccccc1. The lowest BCUT2D eigenvalue weighted by Gasteiger charge is -2.22. The number of amides is 2. The molecule has 3 rings (SSSR count). The molecular formula is C25H23N3O3. The van der Waals surface area contributed by atoms with Crippen LogP contribution in [0, 0.1) is 11.3 Å². The van der Waals surface area contributed by atoms with Crippen LogP contribution in [0.5, 0.6) is 0 Å². The first-order chi connectivity index (χ1) is 15.1. The molecule has 0 saturated heterocycles. The molecule has 31 heavy (non-hydrogen) atoms. The fourth-order valence-electron chi connectivity index (χ4n) is 3.32. The molecule has 0 fully saturated rings. The number of nitrogens with one attached hydrogen (secondary N) is 2. The van der Waals surface area contributed by atoms with Crippen LogP contribution in [0.2, 0.25) is 0 Å². The molecule has 2 N–H and O–H groups in total. The van der Waals surface area contributed by atoms with Crippen LogP contribution in [-0.2, 0) is 16.0 Å². The zero-order valence-corrected chi connectivity index (χ0v) is 17.1. The van der Waals surface area contributed by atoms with E-state index in [0.717, 1.165) is 16.7 Å². The molecule has 156 valence electrons. The van der Waals surface area contributed by atoms with E-state index in [9.17, 15) is 9.59 Å². The highest BCUT2D eigenvalue weighted by Crippen LogP contribution is 2.21. The number of hydrogen-bond acceptors (Lipinski definition) is 4. The van der Waals surface area contributed by atoms with Crippen LogP contribution in [0.3, 0.4) is 0 Å². The number of hydrogen-bond donors (Lipinski definition) is 2. The summed E-state index contributed by atoms with van der Waals surface area (Å²) in [6.07, 6.45) is 0.205. The molecule has 0 bridgehead atoms. The quantitative estimate of drug-likeness (QED) is 0.578. The van der Waals surface area contributed by atoms with E-state index in [2.05, 4.69) is 16.7 Å². The first-order valence-electron chi connectivity index (χ1n) is 9.84. The van der Waals surface area contributed by atoms with E-state index < -0.39 is 18.0 Å². The zero-order valence-electron chi connectivity index (χ0n) is 17.1. The van der Waals surface area contributed by atoms with Crippen molar-refractivity contribution in [3.8, 4) is 6.07 Å². The van der Waals surface area contributed by atoms with Crippen LogP contribution in [0.1, 0.15) is 28.3 Å². The summed E-state index contributed by atoms with van der Waals surface area (Å²) >= 11 is 0. The van der Waals surface area contributed by atoms with Gasteiger partial charge in [0, 0.05) is 6.42 Å². The van der Waals surface area contributed by atoms with Crippen molar-refractivity contribution in [1.29, 1.82) is 5.26 Å². The largest absolute Gasteiger partial charge is 0.467 e. The lowest BCUT2D eigenvalue weighted by Crippen LogP contribution is -2.48. The monoisotopic (exact) mass is 413 g/mol. The molecule has 0 heterocycles. The second-order valence-electron chi connectivity index (χ2n) is 6.96. The molecule has 0 unspecified atom stereocenters. The van der Waals surface area contributed by atoms with Gasteiger partial charge in [-0.1, -0.05) is 72.8 Å². The van der Waals surface area contributed by atoms with E-state index in [-0.39, 0.29) is 12.5 Å². The molecule has 3 aromatic carbocycles. The van der Waals surface area contributed by atoms with Gasteiger partial charge in [0.05, 0.1) is 24.8 Å². The van der Waals surface area contributed by atoms with Crippen LogP contribution in [-0.4, -0.2) is 25.2 Å². The highest BCUT2D eigenvalue weighted by molar-refractivity contribution is 5.84. The summed E-state index contributed by atoms with van der Waals surface area (Å²) in [6.45, 7) is 0.